The number of nitrogens with zero attached hydrogens (tertiary/aromatic N) is 2. The Balaban J connectivity index is 1.76. The van der Waals surface area contributed by atoms with Gasteiger partial charge in [0.05, 0.1) is 22.6 Å². The van der Waals surface area contributed by atoms with Gasteiger partial charge in [-0.3, -0.25) is 24.6 Å². The van der Waals surface area contributed by atoms with Gasteiger partial charge in [-0.1, -0.05) is 19.1 Å². The maximum Gasteiger partial charge on any atom is 0.336 e. The Morgan fingerprint density at radius 1 is 1.00 bits per heavy atom. The number of imide groups is 1. The third-order valence-electron chi connectivity index (χ3n) is 4.80. The molecule has 0 radical (unpaired) electrons. The van der Waals surface area contributed by atoms with Crippen LogP contribution in [0.5, 0.6) is 0 Å². The molecular formula is C20H14N2O6. The number of benzene rings is 2. The third kappa shape index (κ3) is 2.75. The van der Waals surface area contributed by atoms with Crippen LogP contribution in [0.1, 0.15) is 38.8 Å². The number of nitro groups is 1. The molecule has 0 bridgehead atoms. The fraction of sp³-hybridized carbons (Fsp3) is 0.150. The van der Waals surface area contributed by atoms with Crippen LogP contribution in [0.4, 0.5) is 5.69 Å². The highest BCUT2D eigenvalue weighted by Gasteiger charge is 2.37. The first-order chi connectivity index (χ1) is 13.4. The Hall–Kier alpha value is -3.81. The first-order valence-corrected chi connectivity index (χ1v) is 8.59. The molecule has 0 saturated heterocycles. The Bertz CT molecular complexity index is 1230. The van der Waals surface area contributed by atoms with Crippen molar-refractivity contribution in [1.82, 2.24) is 4.90 Å². The summed E-state index contributed by atoms with van der Waals surface area (Å²) in [6.45, 7) is 1.84. The van der Waals surface area contributed by atoms with E-state index in [-0.39, 0.29) is 23.4 Å². The molecule has 8 nitrogen and oxygen atoms in total. The van der Waals surface area contributed by atoms with Crippen LogP contribution in [0, 0.1) is 10.1 Å². The van der Waals surface area contributed by atoms with Crippen molar-refractivity contribution in [1.29, 1.82) is 0 Å². The van der Waals surface area contributed by atoms with Gasteiger partial charge in [-0.05, 0) is 29.7 Å². The lowest BCUT2D eigenvalue weighted by atomic mass is 10.1. The van der Waals surface area contributed by atoms with E-state index in [1.54, 1.807) is 12.1 Å². The van der Waals surface area contributed by atoms with Crippen molar-refractivity contribution in [2.24, 2.45) is 0 Å². The molecule has 0 N–H and O–H groups in total. The van der Waals surface area contributed by atoms with Crippen LogP contribution in [0.3, 0.4) is 0 Å². The molecule has 0 aliphatic carbocycles. The van der Waals surface area contributed by atoms with Gasteiger partial charge in [0, 0.05) is 23.6 Å². The van der Waals surface area contributed by atoms with Crippen molar-refractivity contribution in [2.75, 3.05) is 0 Å². The van der Waals surface area contributed by atoms with E-state index in [1.807, 2.05) is 13.0 Å². The number of aryl methyl sites for hydroxylation is 1. The van der Waals surface area contributed by atoms with E-state index in [4.69, 9.17) is 4.42 Å². The predicted octanol–water partition coefficient (Wildman–Crippen LogP) is 3.06. The van der Waals surface area contributed by atoms with Crippen molar-refractivity contribution in [3.8, 4) is 0 Å². The number of fused-ring (bicyclic) bond motifs is 2. The predicted molar refractivity (Wildman–Crippen MR) is 99.2 cm³/mol. The molecule has 2 amide bonds. The van der Waals surface area contributed by atoms with Crippen molar-refractivity contribution >= 4 is 28.5 Å². The van der Waals surface area contributed by atoms with Gasteiger partial charge < -0.3 is 4.42 Å². The van der Waals surface area contributed by atoms with E-state index in [1.165, 1.54) is 18.2 Å². The van der Waals surface area contributed by atoms with Crippen molar-refractivity contribution in [3.05, 3.63) is 85.3 Å². The first-order valence-electron chi connectivity index (χ1n) is 8.59. The van der Waals surface area contributed by atoms with Gasteiger partial charge >= 0.3 is 5.63 Å². The number of carbonyl (C=O) groups excluding carboxylic acids is 2. The standard InChI is InChI=1S/C20H14N2O6/c1-2-11-3-5-14-12(8-18(23)28-17(14)7-11)10-21-19(24)15-6-4-13(22(26)27)9-16(15)20(21)25/h3-9H,2,10H2,1H3. The van der Waals surface area contributed by atoms with E-state index in [0.29, 0.717) is 16.5 Å². The Labute approximate surface area is 158 Å². The summed E-state index contributed by atoms with van der Waals surface area (Å²) in [5.41, 5.74) is 1.09. The molecule has 0 fully saturated rings. The number of non-ortho nitro benzene ring substituents is 1. The zero-order valence-electron chi connectivity index (χ0n) is 14.8. The molecule has 0 unspecified atom stereocenters. The van der Waals surface area contributed by atoms with Gasteiger partial charge in [0.1, 0.15) is 5.58 Å². The van der Waals surface area contributed by atoms with E-state index in [2.05, 4.69) is 0 Å². The minimum absolute atomic E-state index is 0.0141. The number of hydrogen-bond acceptors (Lipinski definition) is 6. The summed E-state index contributed by atoms with van der Waals surface area (Å²) >= 11 is 0. The van der Waals surface area contributed by atoms with Crippen molar-refractivity contribution < 1.29 is 18.9 Å². The molecule has 0 spiro atoms. The quantitative estimate of drug-likeness (QED) is 0.299. The highest BCUT2D eigenvalue weighted by atomic mass is 16.6. The molecule has 1 aliphatic rings. The van der Waals surface area contributed by atoms with Gasteiger partial charge in [0.2, 0.25) is 0 Å². The number of amides is 2. The zero-order valence-corrected chi connectivity index (χ0v) is 14.8. The van der Waals surface area contributed by atoms with Crippen LogP contribution < -0.4 is 5.63 Å². The number of rotatable bonds is 4. The molecule has 2 aromatic carbocycles. The molecule has 140 valence electrons. The molecule has 8 heteroatoms. The summed E-state index contributed by atoms with van der Waals surface area (Å²) in [7, 11) is 0. The van der Waals surface area contributed by atoms with Crippen LogP contribution in [0.2, 0.25) is 0 Å². The highest BCUT2D eigenvalue weighted by Crippen LogP contribution is 2.29. The fourth-order valence-corrected chi connectivity index (χ4v) is 3.33. The normalized spacial score (nSPS) is 13.2. The van der Waals surface area contributed by atoms with E-state index in [9.17, 15) is 24.5 Å². The summed E-state index contributed by atoms with van der Waals surface area (Å²) in [5, 5.41) is 11.6. The molecular weight excluding hydrogens is 364 g/mol. The Morgan fingerprint density at radius 3 is 2.46 bits per heavy atom. The SMILES string of the molecule is CCc1ccc2c(CN3C(=O)c4ccc([N+](=O)[O-])cc4C3=O)cc(=O)oc2c1. The third-order valence-corrected chi connectivity index (χ3v) is 4.80. The maximum absolute atomic E-state index is 12.7. The number of carbonyl (C=O) groups is 2. The van der Waals surface area contributed by atoms with Crippen LogP contribution in [0.15, 0.2) is 51.7 Å². The summed E-state index contributed by atoms with van der Waals surface area (Å²) < 4.78 is 5.25. The molecule has 1 aromatic heterocycles. The van der Waals surface area contributed by atoms with Gasteiger partial charge in [-0.25, -0.2) is 4.79 Å². The number of hydrogen-bond donors (Lipinski definition) is 0. The average molecular weight is 378 g/mol. The van der Waals surface area contributed by atoms with Gasteiger partial charge in [-0.2, -0.15) is 0 Å². The summed E-state index contributed by atoms with van der Waals surface area (Å²) in [5.74, 6) is -1.18. The van der Waals surface area contributed by atoms with Crippen LogP contribution in [-0.4, -0.2) is 21.6 Å². The summed E-state index contributed by atoms with van der Waals surface area (Å²) in [6.07, 6.45) is 0.765. The summed E-state index contributed by atoms with van der Waals surface area (Å²) in [6, 6.07) is 10.2. The zero-order chi connectivity index (χ0) is 20.0. The largest absolute Gasteiger partial charge is 0.423 e. The van der Waals surface area contributed by atoms with E-state index >= 15 is 0 Å². The van der Waals surface area contributed by atoms with Crippen LogP contribution >= 0.6 is 0 Å². The molecule has 0 atom stereocenters. The monoisotopic (exact) mass is 378 g/mol. The Morgan fingerprint density at radius 2 is 1.75 bits per heavy atom. The lowest BCUT2D eigenvalue weighted by molar-refractivity contribution is -0.384. The Kier molecular flexibility index (Phi) is 4.03. The van der Waals surface area contributed by atoms with Gasteiger partial charge in [0.25, 0.3) is 17.5 Å². The second kappa shape index (κ2) is 6.41. The minimum Gasteiger partial charge on any atom is -0.423 e. The molecule has 4 rings (SSSR count). The molecule has 1 aliphatic heterocycles. The van der Waals surface area contributed by atoms with Gasteiger partial charge in [0.15, 0.2) is 0 Å². The average Bonchev–Trinajstić information content (AvgIpc) is 2.91. The highest BCUT2D eigenvalue weighted by molar-refractivity contribution is 6.21. The molecule has 3 aromatic rings. The molecule has 0 saturated carbocycles. The minimum atomic E-state index is -0.629. The second-order valence-electron chi connectivity index (χ2n) is 6.46. The van der Waals surface area contributed by atoms with E-state index < -0.39 is 22.4 Å². The fourth-order valence-electron chi connectivity index (χ4n) is 3.33. The molecule has 2 heterocycles. The lowest BCUT2D eigenvalue weighted by Crippen LogP contribution is -2.29. The van der Waals surface area contributed by atoms with Gasteiger partial charge in [-0.15, -0.1) is 0 Å². The van der Waals surface area contributed by atoms with Crippen LogP contribution in [0.25, 0.3) is 11.0 Å². The second-order valence-corrected chi connectivity index (χ2v) is 6.46. The maximum atomic E-state index is 12.7. The summed E-state index contributed by atoms with van der Waals surface area (Å²) in [4.78, 5) is 48.6. The van der Waals surface area contributed by atoms with Crippen LogP contribution in [-0.2, 0) is 13.0 Å². The van der Waals surface area contributed by atoms with Crippen molar-refractivity contribution in [3.63, 3.8) is 0 Å². The topological polar surface area (TPSA) is 111 Å². The lowest BCUT2D eigenvalue weighted by Gasteiger charge is -2.15. The van der Waals surface area contributed by atoms with Crippen molar-refractivity contribution in [2.45, 2.75) is 19.9 Å². The smallest absolute Gasteiger partial charge is 0.336 e. The van der Waals surface area contributed by atoms with E-state index in [0.717, 1.165) is 23.0 Å². The first kappa shape index (κ1) is 17.6. The number of nitro benzene ring substituents is 1. The molecule has 28 heavy (non-hydrogen) atoms.